The second kappa shape index (κ2) is 4.71. The van der Waals surface area contributed by atoms with Crippen molar-refractivity contribution in [1.29, 1.82) is 0 Å². The van der Waals surface area contributed by atoms with E-state index in [1.54, 1.807) is 0 Å². The zero-order valence-corrected chi connectivity index (χ0v) is 7.45. The van der Waals surface area contributed by atoms with Gasteiger partial charge in [0.2, 0.25) is 0 Å². The predicted molar refractivity (Wildman–Crippen MR) is 43.1 cm³/mol. The van der Waals surface area contributed by atoms with Crippen molar-refractivity contribution in [3.63, 3.8) is 0 Å². The molecule has 8 nitrogen and oxygen atoms in total. The van der Waals surface area contributed by atoms with Crippen molar-refractivity contribution < 1.29 is 39.9 Å². The summed E-state index contributed by atoms with van der Waals surface area (Å²) in [7, 11) is 0. The first kappa shape index (κ1) is 13.3. The monoisotopic (exact) mass is 222 g/mol. The van der Waals surface area contributed by atoms with Crippen molar-refractivity contribution in [2.75, 3.05) is 6.61 Å². The van der Waals surface area contributed by atoms with E-state index in [1.165, 1.54) is 0 Å². The molecular weight excluding hydrogens is 212 g/mol. The molecule has 0 fully saturated rings. The molecule has 0 saturated heterocycles. The van der Waals surface area contributed by atoms with Gasteiger partial charge in [-0.3, -0.25) is 9.59 Å². The number of carboxylic acid groups (broad SMARTS) is 3. The van der Waals surface area contributed by atoms with Gasteiger partial charge < -0.3 is 25.5 Å². The zero-order valence-electron chi connectivity index (χ0n) is 7.45. The average molecular weight is 222 g/mol. The number of aliphatic carboxylic acids is 3. The molecule has 0 aromatic rings. The molecule has 0 bridgehead atoms. The number of hydrogen-bond donors (Lipinski definition) is 5. The van der Waals surface area contributed by atoms with E-state index in [9.17, 15) is 19.5 Å². The van der Waals surface area contributed by atoms with E-state index in [0.717, 1.165) is 0 Å². The van der Waals surface area contributed by atoms with Gasteiger partial charge in [-0.25, -0.2) is 4.79 Å². The Morgan fingerprint density at radius 1 is 1.13 bits per heavy atom. The lowest BCUT2D eigenvalue weighted by atomic mass is 9.85. The average Bonchev–Trinajstić information content (AvgIpc) is 2.02. The third-order valence-corrected chi connectivity index (χ3v) is 1.85. The van der Waals surface area contributed by atoms with Gasteiger partial charge in [0.05, 0.1) is 13.0 Å². The highest BCUT2D eigenvalue weighted by molar-refractivity contribution is 5.89. The van der Waals surface area contributed by atoms with Crippen LogP contribution in [-0.2, 0) is 14.4 Å². The van der Waals surface area contributed by atoms with Gasteiger partial charge in [0.15, 0.2) is 5.60 Å². The largest absolute Gasteiger partial charge is 0.481 e. The van der Waals surface area contributed by atoms with Crippen LogP contribution < -0.4 is 0 Å². The molecular formula is C7H10O8. The van der Waals surface area contributed by atoms with E-state index in [0.29, 0.717) is 0 Å². The van der Waals surface area contributed by atoms with Gasteiger partial charge in [-0.05, 0) is 0 Å². The summed E-state index contributed by atoms with van der Waals surface area (Å²) in [5, 5.41) is 43.3. The van der Waals surface area contributed by atoms with E-state index in [2.05, 4.69) is 0 Å². The Kier molecular flexibility index (Phi) is 4.19. The minimum absolute atomic E-state index is 1.18. The fourth-order valence-corrected chi connectivity index (χ4v) is 1.01. The van der Waals surface area contributed by atoms with Crippen LogP contribution in [0.4, 0.5) is 0 Å². The molecule has 15 heavy (non-hydrogen) atoms. The number of aliphatic hydroxyl groups is 2. The number of carbonyl (C=O) groups is 3. The van der Waals surface area contributed by atoms with Gasteiger partial charge in [0.1, 0.15) is 5.92 Å². The van der Waals surface area contributed by atoms with Crippen molar-refractivity contribution in [1.82, 2.24) is 0 Å². The molecule has 0 heterocycles. The minimum Gasteiger partial charge on any atom is -0.481 e. The quantitative estimate of drug-likeness (QED) is 0.345. The first-order valence-electron chi connectivity index (χ1n) is 3.77. The summed E-state index contributed by atoms with van der Waals surface area (Å²) in [5.41, 5.74) is -3.02. The SMILES string of the molecule is O=C(O)CC(O)(C(=O)O)C(CO)C(=O)O. The lowest BCUT2D eigenvalue weighted by molar-refractivity contribution is -0.181. The standard InChI is InChI=1S/C7H10O8/c8-2-3(5(11)12)7(15,6(13)14)1-4(9)10/h3,8,15H,1-2H2,(H,9,10)(H,11,12)(H,13,14). The fraction of sp³-hybridized carbons (Fsp3) is 0.571. The number of carboxylic acids is 3. The summed E-state index contributed by atoms with van der Waals surface area (Å²) in [6.45, 7) is -1.18. The van der Waals surface area contributed by atoms with E-state index >= 15 is 0 Å². The smallest absolute Gasteiger partial charge is 0.337 e. The number of aliphatic hydroxyl groups excluding tert-OH is 1. The van der Waals surface area contributed by atoms with Crippen LogP contribution in [-0.4, -0.2) is 55.6 Å². The molecule has 0 aliphatic heterocycles. The summed E-state index contributed by atoms with van der Waals surface area (Å²) in [6, 6.07) is 0. The summed E-state index contributed by atoms with van der Waals surface area (Å²) in [4.78, 5) is 31.3. The van der Waals surface area contributed by atoms with Crippen LogP contribution in [0.15, 0.2) is 0 Å². The van der Waals surface area contributed by atoms with Crippen molar-refractivity contribution >= 4 is 17.9 Å². The Hall–Kier alpha value is -1.67. The number of hydrogen-bond acceptors (Lipinski definition) is 5. The van der Waals surface area contributed by atoms with Crippen LogP contribution in [0.25, 0.3) is 0 Å². The van der Waals surface area contributed by atoms with Crippen LogP contribution in [0.2, 0.25) is 0 Å². The molecule has 0 rings (SSSR count). The maximum Gasteiger partial charge on any atom is 0.337 e. The molecule has 0 amide bonds. The fourth-order valence-electron chi connectivity index (χ4n) is 1.01. The Morgan fingerprint density at radius 2 is 1.60 bits per heavy atom. The van der Waals surface area contributed by atoms with Crippen LogP contribution in [0.1, 0.15) is 6.42 Å². The topological polar surface area (TPSA) is 152 Å². The lowest BCUT2D eigenvalue weighted by Gasteiger charge is -2.26. The second-order valence-electron chi connectivity index (χ2n) is 2.87. The third-order valence-electron chi connectivity index (χ3n) is 1.85. The third kappa shape index (κ3) is 2.89. The summed E-state index contributed by atoms with van der Waals surface area (Å²) in [5.74, 6) is -7.57. The first-order valence-corrected chi connectivity index (χ1v) is 3.77. The summed E-state index contributed by atoms with van der Waals surface area (Å²) in [6.07, 6.45) is -1.31. The van der Waals surface area contributed by atoms with E-state index in [1.807, 2.05) is 0 Å². The summed E-state index contributed by atoms with van der Waals surface area (Å²) >= 11 is 0. The van der Waals surface area contributed by atoms with Gasteiger partial charge in [0.25, 0.3) is 0 Å². The molecule has 0 radical (unpaired) electrons. The molecule has 8 heteroatoms. The summed E-state index contributed by atoms with van der Waals surface area (Å²) < 4.78 is 0. The molecule has 0 aromatic carbocycles. The first-order chi connectivity index (χ1) is 6.75. The van der Waals surface area contributed by atoms with E-state index < -0.39 is 42.5 Å². The lowest BCUT2D eigenvalue weighted by Crippen LogP contribution is -2.52. The molecule has 2 unspecified atom stereocenters. The second-order valence-corrected chi connectivity index (χ2v) is 2.87. The van der Waals surface area contributed by atoms with Crippen molar-refractivity contribution in [3.05, 3.63) is 0 Å². The van der Waals surface area contributed by atoms with Gasteiger partial charge in [-0.2, -0.15) is 0 Å². The highest BCUT2D eigenvalue weighted by atomic mass is 16.4. The van der Waals surface area contributed by atoms with Gasteiger partial charge >= 0.3 is 17.9 Å². The normalized spacial score (nSPS) is 16.4. The molecule has 0 aliphatic rings. The maximum absolute atomic E-state index is 10.6. The van der Waals surface area contributed by atoms with Gasteiger partial charge in [-0.15, -0.1) is 0 Å². The molecule has 0 aromatic heterocycles. The van der Waals surface area contributed by atoms with Gasteiger partial charge in [-0.1, -0.05) is 0 Å². The Balaban J connectivity index is 5.15. The van der Waals surface area contributed by atoms with E-state index in [4.69, 9.17) is 20.4 Å². The van der Waals surface area contributed by atoms with Crippen molar-refractivity contribution in [2.45, 2.75) is 12.0 Å². The van der Waals surface area contributed by atoms with Crippen LogP contribution in [0.5, 0.6) is 0 Å². The zero-order chi connectivity index (χ0) is 12.2. The Labute approximate surface area is 83.4 Å². The van der Waals surface area contributed by atoms with E-state index in [-0.39, 0.29) is 0 Å². The van der Waals surface area contributed by atoms with Crippen LogP contribution in [0.3, 0.4) is 0 Å². The predicted octanol–water partition coefficient (Wildman–Crippen LogP) is -2.03. The van der Waals surface area contributed by atoms with Crippen LogP contribution >= 0.6 is 0 Å². The van der Waals surface area contributed by atoms with Crippen molar-refractivity contribution in [3.8, 4) is 0 Å². The molecule has 0 spiro atoms. The highest BCUT2D eigenvalue weighted by Crippen LogP contribution is 2.22. The van der Waals surface area contributed by atoms with Gasteiger partial charge in [0, 0.05) is 0 Å². The molecule has 5 N–H and O–H groups in total. The van der Waals surface area contributed by atoms with Crippen molar-refractivity contribution in [2.24, 2.45) is 5.92 Å². The maximum atomic E-state index is 10.6. The Bertz CT molecular complexity index is 285. The molecule has 0 saturated carbocycles. The molecule has 2 atom stereocenters. The highest BCUT2D eigenvalue weighted by Gasteiger charge is 2.49. The molecule has 86 valence electrons. The molecule has 0 aliphatic carbocycles. The number of rotatable bonds is 6. The minimum atomic E-state index is -3.02. The Morgan fingerprint density at radius 3 is 1.80 bits per heavy atom. The van der Waals surface area contributed by atoms with Crippen LogP contribution in [0, 0.1) is 5.92 Å².